The number of hydrogen-bond donors (Lipinski definition) is 1. The molecule has 3 aromatic rings. The summed E-state index contributed by atoms with van der Waals surface area (Å²) in [6.45, 7) is 7.68. The Balaban J connectivity index is 1.47. The summed E-state index contributed by atoms with van der Waals surface area (Å²) in [4.78, 5) is 22.0. The maximum Gasteiger partial charge on any atom is 0.231 e. The van der Waals surface area contributed by atoms with Gasteiger partial charge in [0, 0.05) is 36.5 Å². The fraction of sp³-hybridized carbons (Fsp3) is 0.200. The van der Waals surface area contributed by atoms with Gasteiger partial charge in [0.25, 0.3) is 0 Å². The Kier molecular flexibility index (Phi) is 4.20. The smallest absolute Gasteiger partial charge is 0.231 e. The fourth-order valence-corrected chi connectivity index (χ4v) is 3.28. The van der Waals surface area contributed by atoms with Crippen LogP contribution in [0, 0.1) is 12.5 Å². The molecule has 1 saturated heterocycles. The standard InChI is InChI=1S/C20H17N5O/c1-21-17-4-2-14(3-5-17)12-16-8-11-25(20(16)26)19-13-18(23-24-19)15-6-9-22-10-7-15/h2-7,9-10,13,16H,8,11-12H2,(H,23,24)/t16-/m1/s1. The van der Waals surface area contributed by atoms with E-state index >= 15 is 0 Å². The van der Waals surface area contributed by atoms with Crippen molar-refractivity contribution in [2.24, 2.45) is 5.92 Å². The lowest BCUT2D eigenvalue weighted by molar-refractivity contribution is -0.120. The molecule has 0 saturated carbocycles. The van der Waals surface area contributed by atoms with Gasteiger partial charge in [0.05, 0.1) is 12.3 Å². The van der Waals surface area contributed by atoms with E-state index in [0.717, 1.165) is 23.2 Å². The van der Waals surface area contributed by atoms with Crippen molar-refractivity contribution in [3.63, 3.8) is 0 Å². The van der Waals surface area contributed by atoms with Crippen LogP contribution in [0.1, 0.15) is 12.0 Å². The van der Waals surface area contributed by atoms with Gasteiger partial charge in [-0.25, -0.2) is 4.85 Å². The normalized spacial score (nSPS) is 16.7. The number of benzene rings is 1. The Hall–Kier alpha value is -3.46. The van der Waals surface area contributed by atoms with Crippen LogP contribution in [0.15, 0.2) is 54.9 Å². The third-order valence-electron chi connectivity index (χ3n) is 4.70. The van der Waals surface area contributed by atoms with Crippen LogP contribution in [0.25, 0.3) is 16.1 Å². The van der Waals surface area contributed by atoms with Crippen LogP contribution in [0.2, 0.25) is 0 Å². The molecule has 0 unspecified atom stereocenters. The fourth-order valence-electron chi connectivity index (χ4n) is 3.28. The Bertz CT molecular complexity index is 956. The van der Waals surface area contributed by atoms with Gasteiger partial charge in [-0.15, -0.1) is 0 Å². The topological polar surface area (TPSA) is 66.2 Å². The summed E-state index contributed by atoms with van der Waals surface area (Å²) in [7, 11) is 0. The molecule has 0 bridgehead atoms. The van der Waals surface area contributed by atoms with Crippen molar-refractivity contribution in [2.45, 2.75) is 12.8 Å². The number of H-pyrrole nitrogens is 1. The van der Waals surface area contributed by atoms with Crippen LogP contribution in [-0.2, 0) is 11.2 Å². The minimum Gasteiger partial charge on any atom is -0.295 e. The van der Waals surface area contributed by atoms with E-state index in [1.165, 1.54) is 0 Å². The third-order valence-corrected chi connectivity index (χ3v) is 4.70. The number of hydrogen-bond acceptors (Lipinski definition) is 3. The number of anilines is 1. The molecule has 128 valence electrons. The Morgan fingerprint density at radius 3 is 2.69 bits per heavy atom. The van der Waals surface area contributed by atoms with Gasteiger partial charge in [-0.3, -0.25) is 19.8 Å². The lowest BCUT2D eigenvalue weighted by atomic mass is 9.98. The summed E-state index contributed by atoms with van der Waals surface area (Å²) < 4.78 is 0. The van der Waals surface area contributed by atoms with E-state index < -0.39 is 0 Å². The molecule has 1 aliphatic rings. The highest BCUT2D eigenvalue weighted by atomic mass is 16.2. The van der Waals surface area contributed by atoms with Gasteiger partial charge in [-0.05, 0) is 30.5 Å². The largest absolute Gasteiger partial charge is 0.295 e. The lowest BCUT2D eigenvalue weighted by Crippen LogP contribution is -2.28. The SMILES string of the molecule is [C-]#[N+]c1ccc(C[C@H]2CCN(c3cc(-c4ccncc4)[nH]n3)C2=O)cc1. The second-order valence-corrected chi connectivity index (χ2v) is 6.33. The molecular weight excluding hydrogens is 326 g/mol. The second-order valence-electron chi connectivity index (χ2n) is 6.33. The summed E-state index contributed by atoms with van der Waals surface area (Å²) in [5.41, 5.74) is 3.56. The zero-order chi connectivity index (χ0) is 17.9. The average Bonchev–Trinajstić information content (AvgIpc) is 3.31. The van der Waals surface area contributed by atoms with Crippen LogP contribution < -0.4 is 4.90 Å². The molecule has 4 rings (SSSR count). The number of carbonyl (C=O) groups excluding carboxylic acids is 1. The highest BCUT2D eigenvalue weighted by Crippen LogP contribution is 2.29. The number of aromatic nitrogens is 3. The molecule has 2 aromatic heterocycles. The van der Waals surface area contributed by atoms with Gasteiger partial charge in [0.15, 0.2) is 11.5 Å². The summed E-state index contributed by atoms with van der Waals surface area (Å²) >= 11 is 0. The summed E-state index contributed by atoms with van der Waals surface area (Å²) in [5.74, 6) is 0.717. The first-order chi connectivity index (χ1) is 12.7. The molecule has 6 nitrogen and oxygen atoms in total. The van der Waals surface area contributed by atoms with E-state index in [-0.39, 0.29) is 11.8 Å². The van der Waals surface area contributed by atoms with Gasteiger partial charge in [-0.1, -0.05) is 24.3 Å². The molecule has 1 N–H and O–H groups in total. The van der Waals surface area contributed by atoms with Crippen LogP contribution in [-0.4, -0.2) is 27.6 Å². The summed E-state index contributed by atoms with van der Waals surface area (Å²) in [6.07, 6.45) is 4.95. The number of aromatic amines is 1. The molecule has 1 amide bonds. The van der Waals surface area contributed by atoms with Crippen LogP contribution in [0.5, 0.6) is 0 Å². The van der Waals surface area contributed by atoms with Crippen molar-refractivity contribution >= 4 is 17.4 Å². The molecule has 0 radical (unpaired) electrons. The zero-order valence-corrected chi connectivity index (χ0v) is 14.1. The third kappa shape index (κ3) is 3.07. The van der Waals surface area contributed by atoms with Gasteiger partial charge < -0.3 is 0 Å². The monoisotopic (exact) mass is 343 g/mol. The van der Waals surface area contributed by atoms with Crippen molar-refractivity contribution < 1.29 is 4.79 Å². The quantitative estimate of drug-likeness (QED) is 0.736. The van der Waals surface area contributed by atoms with E-state index in [4.69, 9.17) is 6.57 Å². The zero-order valence-electron chi connectivity index (χ0n) is 14.1. The molecule has 6 heteroatoms. The highest BCUT2D eigenvalue weighted by Gasteiger charge is 2.33. The van der Waals surface area contributed by atoms with Gasteiger partial charge in [0.2, 0.25) is 5.91 Å². The van der Waals surface area contributed by atoms with Crippen LogP contribution in [0.3, 0.4) is 0 Å². The maximum atomic E-state index is 12.8. The molecule has 1 fully saturated rings. The van der Waals surface area contributed by atoms with Crippen LogP contribution >= 0.6 is 0 Å². The first-order valence-electron chi connectivity index (χ1n) is 8.48. The molecule has 3 heterocycles. The van der Waals surface area contributed by atoms with E-state index in [2.05, 4.69) is 20.0 Å². The van der Waals surface area contributed by atoms with Crippen molar-refractivity contribution in [1.29, 1.82) is 0 Å². The Morgan fingerprint density at radius 1 is 1.19 bits per heavy atom. The van der Waals surface area contributed by atoms with E-state index in [0.29, 0.717) is 24.5 Å². The minimum absolute atomic E-state index is 0.0464. The van der Waals surface area contributed by atoms with Gasteiger partial charge in [-0.2, -0.15) is 5.10 Å². The van der Waals surface area contributed by atoms with Crippen molar-refractivity contribution in [3.05, 3.63) is 71.8 Å². The molecule has 1 aromatic carbocycles. The Morgan fingerprint density at radius 2 is 1.96 bits per heavy atom. The first kappa shape index (κ1) is 16.0. The molecule has 1 atom stereocenters. The van der Waals surface area contributed by atoms with Crippen molar-refractivity contribution in [2.75, 3.05) is 11.4 Å². The molecular formula is C20H17N5O. The predicted octanol–water partition coefficient (Wildman–Crippen LogP) is 3.62. The first-order valence-corrected chi connectivity index (χ1v) is 8.48. The number of rotatable bonds is 4. The van der Waals surface area contributed by atoms with Gasteiger partial charge in [0.1, 0.15) is 0 Å². The molecule has 1 aliphatic heterocycles. The molecule has 0 spiro atoms. The highest BCUT2D eigenvalue weighted by molar-refractivity contribution is 5.96. The average molecular weight is 343 g/mol. The second kappa shape index (κ2) is 6.81. The Labute approximate surface area is 151 Å². The number of nitrogens with zero attached hydrogens (tertiary/aromatic N) is 4. The number of carbonyl (C=O) groups is 1. The predicted molar refractivity (Wildman–Crippen MR) is 98.7 cm³/mol. The number of nitrogens with one attached hydrogen (secondary N) is 1. The van der Waals surface area contributed by atoms with E-state index in [1.54, 1.807) is 29.4 Å². The summed E-state index contributed by atoms with van der Waals surface area (Å²) in [6, 6.07) is 13.2. The van der Waals surface area contributed by atoms with Crippen LogP contribution in [0.4, 0.5) is 11.5 Å². The number of pyridine rings is 1. The lowest BCUT2D eigenvalue weighted by Gasteiger charge is -2.13. The van der Waals surface area contributed by atoms with E-state index in [1.807, 2.05) is 30.3 Å². The van der Waals surface area contributed by atoms with Crippen molar-refractivity contribution in [3.8, 4) is 11.3 Å². The molecule has 0 aliphatic carbocycles. The van der Waals surface area contributed by atoms with Crippen molar-refractivity contribution in [1.82, 2.24) is 15.2 Å². The van der Waals surface area contributed by atoms with E-state index in [9.17, 15) is 4.79 Å². The number of amides is 1. The minimum atomic E-state index is -0.0464. The summed E-state index contributed by atoms with van der Waals surface area (Å²) in [5, 5.41) is 7.31. The maximum absolute atomic E-state index is 12.8. The molecule has 26 heavy (non-hydrogen) atoms. The van der Waals surface area contributed by atoms with Gasteiger partial charge >= 0.3 is 0 Å².